The molecule has 0 spiro atoms. The van der Waals surface area contributed by atoms with Gasteiger partial charge in [-0.25, -0.2) is 4.39 Å². The van der Waals surface area contributed by atoms with Crippen LogP contribution in [0.4, 0.5) is 4.39 Å². The van der Waals surface area contributed by atoms with Crippen LogP contribution in [0.15, 0.2) is 35.1 Å². The van der Waals surface area contributed by atoms with E-state index >= 15 is 0 Å². The van der Waals surface area contributed by atoms with E-state index in [1.54, 1.807) is 22.8 Å². The molecule has 1 heterocycles. The second kappa shape index (κ2) is 6.41. The Balaban J connectivity index is 2.81. The number of nitrogens with zero attached hydrogens (tertiary/aromatic N) is 1. The van der Waals surface area contributed by atoms with Crippen molar-refractivity contribution in [2.24, 2.45) is 0 Å². The molecule has 0 fully saturated rings. The first-order valence-electron chi connectivity index (χ1n) is 5.93. The van der Waals surface area contributed by atoms with Crippen LogP contribution in [0.5, 0.6) is 0 Å². The van der Waals surface area contributed by atoms with Gasteiger partial charge in [-0.2, -0.15) is 0 Å². The van der Waals surface area contributed by atoms with E-state index in [-0.39, 0.29) is 20.1 Å². The van der Waals surface area contributed by atoms with Gasteiger partial charge in [-0.1, -0.05) is 43.5 Å². The van der Waals surface area contributed by atoms with Gasteiger partial charge in [0.1, 0.15) is 10.8 Å². The minimum atomic E-state index is -0.316. The van der Waals surface area contributed by atoms with Crippen molar-refractivity contribution in [3.8, 4) is 11.3 Å². The SMILES string of the molecule is CCn1c(-c2ccc(F)cc2)c(C(Br)Br)cc(Cl)c1=O. The van der Waals surface area contributed by atoms with E-state index in [2.05, 4.69) is 31.9 Å². The fraction of sp³-hybridized carbons (Fsp3) is 0.214. The summed E-state index contributed by atoms with van der Waals surface area (Å²) >= 11 is 12.9. The Bertz CT molecular complexity index is 683. The van der Waals surface area contributed by atoms with E-state index in [4.69, 9.17) is 11.6 Å². The summed E-state index contributed by atoms with van der Waals surface area (Å²) in [6.07, 6.45) is 0. The first-order chi connectivity index (χ1) is 9.45. The van der Waals surface area contributed by atoms with Crippen molar-refractivity contribution < 1.29 is 4.39 Å². The highest BCUT2D eigenvalue weighted by Gasteiger charge is 2.18. The van der Waals surface area contributed by atoms with Crippen LogP contribution in [0.25, 0.3) is 11.3 Å². The standard InChI is InChI=1S/C14H11Br2ClFNO/c1-2-19-12(8-3-5-9(18)6-4-8)10(13(15)16)7-11(17)14(19)20/h3-7,13H,2H2,1H3. The molecule has 106 valence electrons. The van der Waals surface area contributed by atoms with Crippen molar-refractivity contribution in [3.63, 3.8) is 0 Å². The molecule has 0 aliphatic carbocycles. The predicted molar refractivity (Wildman–Crippen MR) is 87.4 cm³/mol. The van der Waals surface area contributed by atoms with Gasteiger partial charge in [-0.05, 0) is 42.8 Å². The molecule has 0 atom stereocenters. The van der Waals surface area contributed by atoms with Gasteiger partial charge in [0.25, 0.3) is 5.56 Å². The molecule has 6 heteroatoms. The van der Waals surface area contributed by atoms with Crippen molar-refractivity contribution in [1.82, 2.24) is 4.57 Å². The minimum absolute atomic E-state index is 0.161. The molecular formula is C14H11Br2ClFNO. The third kappa shape index (κ3) is 3.00. The van der Waals surface area contributed by atoms with Crippen LogP contribution in [0.2, 0.25) is 5.02 Å². The van der Waals surface area contributed by atoms with E-state index in [1.807, 2.05) is 6.92 Å². The van der Waals surface area contributed by atoms with Crippen LogP contribution < -0.4 is 5.56 Å². The fourth-order valence-electron chi connectivity index (χ4n) is 2.05. The second-order valence-electron chi connectivity index (χ2n) is 4.15. The third-order valence-corrected chi connectivity index (χ3v) is 4.20. The molecule has 2 nitrogen and oxygen atoms in total. The van der Waals surface area contributed by atoms with E-state index in [0.717, 1.165) is 16.8 Å². The van der Waals surface area contributed by atoms with Crippen molar-refractivity contribution in [3.05, 3.63) is 57.1 Å². The monoisotopic (exact) mass is 421 g/mol. The third-order valence-electron chi connectivity index (χ3n) is 2.94. The number of pyridine rings is 1. The summed E-state index contributed by atoms with van der Waals surface area (Å²) in [4.78, 5) is 12.2. The van der Waals surface area contributed by atoms with E-state index < -0.39 is 0 Å². The normalized spacial score (nSPS) is 11.1. The highest BCUT2D eigenvalue weighted by Crippen LogP contribution is 2.37. The van der Waals surface area contributed by atoms with Gasteiger partial charge in [0, 0.05) is 12.1 Å². The summed E-state index contributed by atoms with van der Waals surface area (Å²) in [6, 6.07) is 7.67. The maximum absolute atomic E-state index is 13.1. The summed E-state index contributed by atoms with van der Waals surface area (Å²) in [5.74, 6) is -0.316. The topological polar surface area (TPSA) is 22.0 Å². The van der Waals surface area contributed by atoms with Gasteiger partial charge < -0.3 is 4.57 Å². The van der Waals surface area contributed by atoms with Crippen LogP contribution in [0, 0.1) is 5.82 Å². The molecule has 2 aromatic rings. The minimum Gasteiger partial charge on any atom is -0.307 e. The number of alkyl halides is 2. The van der Waals surface area contributed by atoms with Gasteiger partial charge in [-0.3, -0.25) is 4.79 Å². The average Bonchev–Trinajstić information content (AvgIpc) is 2.42. The van der Waals surface area contributed by atoms with E-state index in [9.17, 15) is 9.18 Å². The molecular weight excluding hydrogens is 412 g/mol. The highest BCUT2D eigenvalue weighted by molar-refractivity contribution is 9.24. The molecule has 0 unspecified atom stereocenters. The number of benzene rings is 1. The number of hydrogen-bond donors (Lipinski definition) is 0. The molecule has 0 N–H and O–H groups in total. The molecule has 0 aliphatic heterocycles. The highest BCUT2D eigenvalue weighted by atomic mass is 79.9. The zero-order chi connectivity index (χ0) is 14.9. The Morgan fingerprint density at radius 1 is 1.30 bits per heavy atom. The molecule has 1 aromatic heterocycles. The molecule has 0 aliphatic rings. The summed E-state index contributed by atoms with van der Waals surface area (Å²) in [5, 5.41) is 0.164. The van der Waals surface area contributed by atoms with Crippen LogP contribution >= 0.6 is 43.5 Å². The Hall–Kier alpha value is -0.650. The molecule has 0 saturated carbocycles. The van der Waals surface area contributed by atoms with Crippen LogP contribution in [0.1, 0.15) is 16.2 Å². The summed E-state index contributed by atoms with van der Waals surface area (Å²) in [7, 11) is 0. The van der Waals surface area contributed by atoms with Gasteiger partial charge in [0.2, 0.25) is 0 Å². The van der Waals surface area contributed by atoms with Crippen molar-refractivity contribution in [1.29, 1.82) is 0 Å². The lowest BCUT2D eigenvalue weighted by Gasteiger charge is -2.18. The fourth-order valence-corrected chi connectivity index (χ4v) is 2.97. The van der Waals surface area contributed by atoms with Gasteiger partial charge in [0.15, 0.2) is 0 Å². The van der Waals surface area contributed by atoms with Gasteiger partial charge in [0.05, 0.1) is 9.43 Å². The van der Waals surface area contributed by atoms with Crippen LogP contribution in [-0.2, 0) is 6.54 Å². The predicted octanol–water partition coefficient (Wildman–Crippen LogP) is 5.12. The van der Waals surface area contributed by atoms with E-state index in [0.29, 0.717) is 6.54 Å². The van der Waals surface area contributed by atoms with E-state index in [1.165, 1.54) is 12.1 Å². The summed E-state index contributed by atoms with van der Waals surface area (Å²) < 4.78 is 14.5. The molecule has 0 amide bonds. The van der Waals surface area contributed by atoms with Crippen molar-refractivity contribution in [2.45, 2.75) is 17.2 Å². The molecule has 20 heavy (non-hydrogen) atoms. The molecule has 0 bridgehead atoms. The molecule has 2 rings (SSSR count). The van der Waals surface area contributed by atoms with Crippen LogP contribution in [-0.4, -0.2) is 4.57 Å². The largest absolute Gasteiger partial charge is 0.307 e. The number of rotatable bonds is 3. The van der Waals surface area contributed by atoms with Crippen molar-refractivity contribution >= 4 is 43.5 Å². The van der Waals surface area contributed by atoms with Crippen LogP contribution in [0.3, 0.4) is 0 Å². The summed E-state index contributed by atoms with van der Waals surface area (Å²) in [5.41, 5.74) is 2.06. The maximum Gasteiger partial charge on any atom is 0.269 e. The number of halogens is 4. The number of hydrogen-bond acceptors (Lipinski definition) is 1. The molecule has 1 aromatic carbocycles. The molecule has 0 radical (unpaired) electrons. The first kappa shape index (κ1) is 15.7. The Kier molecular flexibility index (Phi) is 5.04. The number of aromatic nitrogens is 1. The molecule has 0 saturated heterocycles. The Morgan fingerprint density at radius 3 is 2.40 bits per heavy atom. The zero-order valence-electron chi connectivity index (χ0n) is 10.5. The van der Waals surface area contributed by atoms with Gasteiger partial charge in [-0.15, -0.1) is 0 Å². The lowest BCUT2D eigenvalue weighted by atomic mass is 10.1. The average molecular weight is 424 g/mol. The maximum atomic E-state index is 13.1. The Morgan fingerprint density at radius 2 is 1.90 bits per heavy atom. The van der Waals surface area contributed by atoms with Gasteiger partial charge >= 0.3 is 0 Å². The Labute approximate surface area is 137 Å². The first-order valence-corrected chi connectivity index (χ1v) is 8.14. The summed E-state index contributed by atoms with van der Waals surface area (Å²) in [6.45, 7) is 2.35. The lowest BCUT2D eigenvalue weighted by Crippen LogP contribution is -2.23. The zero-order valence-corrected chi connectivity index (χ0v) is 14.5. The quantitative estimate of drug-likeness (QED) is 0.629. The lowest BCUT2D eigenvalue weighted by molar-refractivity contribution is 0.628. The smallest absolute Gasteiger partial charge is 0.269 e. The second-order valence-corrected chi connectivity index (χ2v) is 7.62. The van der Waals surface area contributed by atoms with Crippen molar-refractivity contribution in [2.75, 3.05) is 0 Å².